The molecule has 3 N–H and O–H groups in total. The Balaban J connectivity index is 0.000000470. The molecule has 0 atom stereocenters. The number of piperidine rings is 2. The van der Waals surface area contributed by atoms with E-state index in [0.717, 1.165) is 57.1 Å². The number of carboxylic acids is 1. The van der Waals surface area contributed by atoms with Gasteiger partial charge in [0, 0.05) is 31.4 Å². The summed E-state index contributed by atoms with van der Waals surface area (Å²) in [5.74, 6) is -0.975. The van der Waals surface area contributed by atoms with E-state index in [0.29, 0.717) is 23.3 Å². The minimum Gasteiger partial charge on any atom is -0.486 e. The first-order valence-corrected chi connectivity index (χ1v) is 13.2. The molecule has 0 unspecified atom stereocenters. The van der Waals surface area contributed by atoms with E-state index in [2.05, 4.69) is 35.9 Å². The zero-order chi connectivity index (χ0) is 29.1. The second kappa shape index (κ2) is 11.5. The highest BCUT2D eigenvalue weighted by Gasteiger charge is 2.40. The summed E-state index contributed by atoms with van der Waals surface area (Å²) in [6.45, 7) is 9.32. The summed E-state index contributed by atoms with van der Waals surface area (Å²) in [7, 11) is 0. The molecule has 0 radical (unpaired) electrons. The van der Waals surface area contributed by atoms with Crippen LogP contribution in [0.2, 0.25) is 0 Å². The van der Waals surface area contributed by atoms with E-state index in [9.17, 15) is 18.0 Å². The van der Waals surface area contributed by atoms with Crippen LogP contribution < -0.4 is 15.2 Å². The highest BCUT2D eigenvalue weighted by Crippen LogP contribution is 2.43. The lowest BCUT2D eigenvalue weighted by Gasteiger charge is -2.47. The van der Waals surface area contributed by atoms with Crippen molar-refractivity contribution in [2.75, 3.05) is 38.5 Å². The highest BCUT2D eigenvalue weighted by atomic mass is 19.4. The van der Waals surface area contributed by atoms with Gasteiger partial charge in [-0.05, 0) is 70.2 Å². The predicted octanol–water partition coefficient (Wildman–Crippen LogP) is 4.37. The van der Waals surface area contributed by atoms with Crippen LogP contribution in [0.25, 0.3) is 0 Å². The number of amides is 1. The van der Waals surface area contributed by atoms with E-state index >= 15 is 0 Å². The first-order valence-electron chi connectivity index (χ1n) is 13.2. The number of nitrogens with zero attached hydrogens (tertiary/aromatic N) is 3. The molecule has 12 heteroatoms. The number of carbonyl (C=O) groups is 2. The molecule has 3 aliphatic heterocycles. The van der Waals surface area contributed by atoms with Crippen molar-refractivity contribution < 1.29 is 37.3 Å². The molecule has 218 valence electrons. The summed E-state index contributed by atoms with van der Waals surface area (Å²) >= 11 is 0. The smallest absolute Gasteiger partial charge is 0.486 e. The number of carboxylic acid groups (broad SMARTS) is 1. The molecule has 2 saturated heterocycles. The number of rotatable bonds is 3. The maximum atomic E-state index is 12.9. The average molecular weight is 565 g/mol. The molecule has 0 bridgehead atoms. The van der Waals surface area contributed by atoms with Gasteiger partial charge < -0.3 is 25.2 Å². The molecule has 3 aliphatic rings. The molecule has 40 heavy (non-hydrogen) atoms. The molecule has 1 aromatic carbocycles. The number of nitrogen functional groups attached to an aromatic ring is 1. The summed E-state index contributed by atoms with van der Waals surface area (Å²) in [5, 5.41) is 7.12. The van der Waals surface area contributed by atoms with Crippen LogP contribution >= 0.6 is 0 Å². The Bertz CT molecular complexity index is 1220. The van der Waals surface area contributed by atoms with Crippen LogP contribution in [0.15, 0.2) is 36.7 Å². The van der Waals surface area contributed by atoms with Gasteiger partial charge >= 0.3 is 12.1 Å². The van der Waals surface area contributed by atoms with Gasteiger partial charge in [0.1, 0.15) is 12.2 Å². The predicted molar refractivity (Wildman–Crippen MR) is 141 cm³/mol. The SMILES string of the molecule is CC1(C)COc2cccc(CN3CCC4(CC3)CCN(C(=O)c3ccncc3N)CC4)c2O1.O=C(O)C(F)(F)F. The maximum Gasteiger partial charge on any atom is 0.490 e. The fourth-order valence-electron chi connectivity index (χ4n) is 5.35. The summed E-state index contributed by atoms with van der Waals surface area (Å²) in [6, 6.07) is 7.93. The zero-order valence-electron chi connectivity index (χ0n) is 22.7. The van der Waals surface area contributed by atoms with Crippen molar-refractivity contribution in [3.63, 3.8) is 0 Å². The van der Waals surface area contributed by atoms with Gasteiger partial charge in [0.2, 0.25) is 0 Å². The zero-order valence-corrected chi connectivity index (χ0v) is 22.7. The van der Waals surface area contributed by atoms with E-state index in [1.807, 2.05) is 11.0 Å². The summed E-state index contributed by atoms with van der Waals surface area (Å²) in [5.41, 5.74) is 8.23. The topological polar surface area (TPSA) is 118 Å². The number of aromatic nitrogens is 1. The van der Waals surface area contributed by atoms with Crippen LogP contribution in [0.5, 0.6) is 11.5 Å². The second-order valence-corrected chi connectivity index (χ2v) is 11.2. The Morgan fingerprint density at radius 1 is 1.07 bits per heavy atom. The summed E-state index contributed by atoms with van der Waals surface area (Å²) in [4.78, 5) is 30.3. The van der Waals surface area contributed by atoms with Crippen LogP contribution in [-0.2, 0) is 11.3 Å². The Morgan fingerprint density at radius 3 is 2.30 bits per heavy atom. The Kier molecular flexibility index (Phi) is 8.48. The highest BCUT2D eigenvalue weighted by molar-refractivity contribution is 5.98. The number of pyridine rings is 1. The fraction of sp³-hybridized carbons (Fsp3) is 0.536. The Morgan fingerprint density at radius 2 is 1.70 bits per heavy atom. The third-order valence-corrected chi connectivity index (χ3v) is 7.76. The quantitative estimate of drug-likeness (QED) is 0.565. The van der Waals surface area contributed by atoms with Crippen molar-refractivity contribution in [3.8, 4) is 11.5 Å². The lowest BCUT2D eigenvalue weighted by molar-refractivity contribution is -0.192. The van der Waals surface area contributed by atoms with Gasteiger partial charge in [-0.25, -0.2) is 4.79 Å². The lowest BCUT2D eigenvalue weighted by Crippen LogP contribution is -2.48. The summed E-state index contributed by atoms with van der Waals surface area (Å²) in [6.07, 6.45) is 2.56. The van der Waals surface area contributed by atoms with Crippen LogP contribution in [0.1, 0.15) is 55.5 Å². The number of anilines is 1. The molecule has 4 heterocycles. The number of fused-ring (bicyclic) bond motifs is 1. The van der Waals surface area contributed by atoms with E-state index in [1.165, 1.54) is 18.4 Å². The van der Waals surface area contributed by atoms with Crippen molar-refractivity contribution in [1.29, 1.82) is 0 Å². The van der Waals surface area contributed by atoms with E-state index in [1.54, 1.807) is 18.5 Å². The lowest BCUT2D eigenvalue weighted by atomic mass is 9.71. The van der Waals surface area contributed by atoms with Gasteiger partial charge in [-0.2, -0.15) is 13.2 Å². The third kappa shape index (κ3) is 6.96. The third-order valence-electron chi connectivity index (χ3n) is 7.76. The molecule has 1 spiro atoms. The first kappa shape index (κ1) is 29.4. The fourth-order valence-corrected chi connectivity index (χ4v) is 5.35. The van der Waals surface area contributed by atoms with E-state index < -0.39 is 12.1 Å². The van der Waals surface area contributed by atoms with Crippen molar-refractivity contribution in [3.05, 3.63) is 47.8 Å². The van der Waals surface area contributed by atoms with Gasteiger partial charge in [0.05, 0.1) is 17.4 Å². The number of carbonyl (C=O) groups excluding carboxylic acids is 1. The van der Waals surface area contributed by atoms with Crippen molar-refractivity contribution in [2.24, 2.45) is 5.41 Å². The van der Waals surface area contributed by atoms with Gasteiger partial charge in [0.15, 0.2) is 11.5 Å². The number of hydrogen-bond donors (Lipinski definition) is 2. The normalized spacial score (nSPS) is 19.9. The largest absolute Gasteiger partial charge is 0.490 e. The number of para-hydroxylation sites is 1. The Labute approximate surface area is 231 Å². The molecule has 2 fully saturated rings. The standard InChI is InChI=1S/C26H34N4O3.C2HF3O2/c1-25(2)18-32-22-5-3-4-19(23(22)33-25)17-29-12-7-26(8-13-29)9-14-30(15-10-26)24(31)20-6-11-28-16-21(20)27;3-2(4,5)1(6)7/h3-6,11,16H,7-10,12-15,17-18,27H2,1-2H3;(H,6,7). The van der Waals surface area contributed by atoms with Crippen LogP contribution in [-0.4, -0.2) is 76.3 Å². The van der Waals surface area contributed by atoms with Crippen LogP contribution in [0, 0.1) is 5.41 Å². The minimum absolute atomic E-state index is 0.0289. The maximum absolute atomic E-state index is 12.9. The number of ether oxygens (including phenoxy) is 2. The molecular weight excluding hydrogens is 529 g/mol. The number of halogens is 3. The number of likely N-dealkylation sites (tertiary alicyclic amines) is 2. The van der Waals surface area contributed by atoms with Gasteiger partial charge in [0.25, 0.3) is 5.91 Å². The van der Waals surface area contributed by atoms with Crippen molar-refractivity contribution in [1.82, 2.24) is 14.8 Å². The van der Waals surface area contributed by atoms with Gasteiger partial charge in [-0.3, -0.25) is 14.7 Å². The molecule has 1 aromatic heterocycles. The van der Waals surface area contributed by atoms with E-state index in [4.69, 9.17) is 25.1 Å². The van der Waals surface area contributed by atoms with E-state index in [-0.39, 0.29) is 11.5 Å². The number of nitrogens with two attached hydrogens (primary N) is 1. The first-order chi connectivity index (χ1) is 18.8. The second-order valence-electron chi connectivity index (χ2n) is 11.2. The monoisotopic (exact) mass is 564 g/mol. The van der Waals surface area contributed by atoms with Gasteiger partial charge in [-0.15, -0.1) is 0 Å². The number of alkyl halides is 3. The molecule has 5 rings (SSSR count). The van der Waals surface area contributed by atoms with Crippen LogP contribution in [0.3, 0.4) is 0 Å². The molecule has 2 aromatic rings. The number of benzene rings is 1. The number of hydrogen-bond acceptors (Lipinski definition) is 7. The van der Waals surface area contributed by atoms with Crippen molar-refractivity contribution >= 4 is 17.6 Å². The van der Waals surface area contributed by atoms with Crippen LogP contribution in [0.4, 0.5) is 18.9 Å². The average Bonchev–Trinajstić information content (AvgIpc) is 2.90. The Hall–Kier alpha value is -3.54. The molecular formula is C28H35F3N4O5. The molecule has 0 saturated carbocycles. The van der Waals surface area contributed by atoms with Crippen molar-refractivity contribution in [2.45, 2.75) is 57.9 Å². The molecule has 9 nitrogen and oxygen atoms in total. The number of aliphatic carboxylic acids is 1. The minimum atomic E-state index is -5.08. The molecule has 0 aliphatic carbocycles. The summed E-state index contributed by atoms with van der Waals surface area (Å²) < 4.78 is 44.0. The van der Waals surface area contributed by atoms with Gasteiger partial charge in [-0.1, -0.05) is 12.1 Å². The molecule has 1 amide bonds.